The Labute approximate surface area is 183 Å². The average Bonchev–Trinajstić information content (AvgIpc) is 2.80. The van der Waals surface area contributed by atoms with Crippen LogP contribution in [-0.2, 0) is 0 Å². The van der Waals surface area contributed by atoms with E-state index >= 15 is 0 Å². The van der Waals surface area contributed by atoms with E-state index in [1.165, 1.54) is 11.5 Å². The van der Waals surface area contributed by atoms with E-state index in [0.717, 1.165) is 50.1 Å². The van der Waals surface area contributed by atoms with E-state index in [1.807, 2.05) is 73.1 Å². The summed E-state index contributed by atoms with van der Waals surface area (Å²) in [4.78, 5) is 31.1. The van der Waals surface area contributed by atoms with Crippen LogP contribution in [0.5, 0.6) is 0 Å². The molecule has 2 aromatic rings. The van der Waals surface area contributed by atoms with Crippen molar-refractivity contribution in [3.05, 3.63) is 69.6 Å². The number of aromatic nitrogens is 1. The number of hydrogen-bond acceptors (Lipinski definition) is 4. The maximum atomic E-state index is 13.3. The highest BCUT2D eigenvalue weighted by Gasteiger charge is 2.30. The monoisotopic (exact) mass is 425 g/mol. The molecular formula is C24H31N3O2S. The number of likely N-dealkylation sites (tertiary alicyclic amines) is 1. The predicted molar refractivity (Wildman–Crippen MR) is 124 cm³/mol. The van der Waals surface area contributed by atoms with Crippen molar-refractivity contribution in [2.24, 2.45) is 0 Å². The first-order chi connectivity index (χ1) is 14.6. The molecule has 30 heavy (non-hydrogen) atoms. The predicted octanol–water partition coefficient (Wildman–Crippen LogP) is 3.42. The maximum Gasteiger partial charge on any atom is 0.264 e. The van der Waals surface area contributed by atoms with Crippen LogP contribution in [0.15, 0.2) is 47.4 Å². The third-order valence-electron chi connectivity index (χ3n) is 6.55. The van der Waals surface area contributed by atoms with Crippen LogP contribution in [0.25, 0.3) is 0 Å². The molecule has 2 fully saturated rings. The third kappa shape index (κ3) is 4.35. The van der Waals surface area contributed by atoms with E-state index in [2.05, 4.69) is 4.90 Å². The summed E-state index contributed by atoms with van der Waals surface area (Å²) < 4.78 is 1.69. The number of rotatable bonds is 4. The first-order valence-electron chi connectivity index (χ1n) is 10.9. The standard InChI is InChI=1S/C24H31N3O2S/c1-18-8-13-27(19(2)20-6-4-3-5-7-20)24(29)22(18)23(28)26-11-9-21(10-12-26)25-14-16-30-17-15-25/h3-8,13,19,21H,9-12,14-17H2,1-2H3. The molecule has 2 aliphatic heterocycles. The third-order valence-corrected chi connectivity index (χ3v) is 7.50. The number of hydrogen-bond donors (Lipinski definition) is 0. The second-order valence-corrected chi connectivity index (χ2v) is 9.57. The van der Waals surface area contributed by atoms with E-state index in [0.29, 0.717) is 11.6 Å². The lowest BCUT2D eigenvalue weighted by Gasteiger charge is -2.40. The molecule has 1 aromatic carbocycles. The molecule has 2 saturated heterocycles. The number of carbonyl (C=O) groups excluding carboxylic acids is 1. The fraction of sp³-hybridized carbons (Fsp3) is 0.500. The van der Waals surface area contributed by atoms with Gasteiger partial charge in [-0.15, -0.1) is 0 Å². The Morgan fingerprint density at radius 1 is 1.03 bits per heavy atom. The highest BCUT2D eigenvalue weighted by Crippen LogP contribution is 2.22. The molecule has 2 aliphatic rings. The van der Waals surface area contributed by atoms with E-state index in [4.69, 9.17) is 0 Å². The molecular weight excluding hydrogens is 394 g/mol. The van der Waals surface area contributed by atoms with Crippen molar-refractivity contribution in [1.29, 1.82) is 0 Å². The van der Waals surface area contributed by atoms with Crippen molar-refractivity contribution in [1.82, 2.24) is 14.4 Å². The topological polar surface area (TPSA) is 45.6 Å². The Morgan fingerprint density at radius 2 is 1.70 bits per heavy atom. The molecule has 0 N–H and O–H groups in total. The molecule has 160 valence electrons. The van der Waals surface area contributed by atoms with Gasteiger partial charge in [-0.3, -0.25) is 14.5 Å². The van der Waals surface area contributed by atoms with Crippen LogP contribution >= 0.6 is 11.8 Å². The van der Waals surface area contributed by atoms with Gasteiger partial charge in [-0.25, -0.2) is 0 Å². The molecule has 0 spiro atoms. The van der Waals surface area contributed by atoms with Gasteiger partial charge in [-0.2, -0.15) is 11.8 Å². The smallest absolute Gasteiger partial charge is 0.264 e. The lowest BCUT2D eigenvalue weighted by Crippen LogP contribution is -2.49. The minimum atomic E-state index is -0.188. The van der Waals surface area contributed by atoms with Crippen LogP contribution in [0.2, 0.25) is 0 Å². The highest BCUT2D eigenvalue weighted by molar-refractivity contribution is 7.99. The number of piperidine rings is 1. The lowest BCUT2D eigenvalue weighted by molar-refractivity contribution is 0.0628. The summed E-state index contributed by atoms with van der Waals surface area (Å²) in [5.41, 5.74) is 1.96. The minimum absolute atomic E-state index is 0.111. The van der Waals surface area contributed by atoms with Gasteiger partial charge in [0.25, 0.3) is 11.5 Å². The quantitative estimate of drug-likeness (QED) is 0.753. The summed E-state index contributed by atoms with van der Waals surface area (Å²) in [5, 5.41) is 0. The summed E-state index contributed by atoms with van der Waals surface area (Å²) in [7, 11) is 0. The number of aryl methyl sites for hydroxylation is 1. The molecule has 1 unspecified atom stereocenters. The number of pyridine rings is 1. The zero-order valence-electron chi connectivity index (χ0n) is 17.9. The largest absolute Gasteiger partial charge is 0.338 e. The van der Waals surface area contributed by atoms with Crippen molar-refractivity contribution in [3.8, 4) is 0 Å². The van der Waals surface area contributed by atoms with Gasteiger partial charge in [-0.05, 0) is 43.9 Å². The zero-order valence-corrected chi connectivity index (χ0v) is 18.7. The summed E-state index contributed by atoms with van der Waals surface area (Å²) >= 11 is 2.03. The highest BCUT2D eigenvalue weighted by atomic mass is 32.2. The maximum absolute atomic E-state index is 13.3. The van der Waals surface area contributed by atoms with Crippen LogP contribution in [0.1, 0.15) is 47.3 Å². The summed E-state index contributed by atoms with van der Waals surface area (Å²) in [5.74, 6) is 2.31. The SMILES string of the molecule is Cc1ccn(C(C)c2ccccc2)c(=O)c1C(=O)N1CCC(N2CCSCC2)CC1. The number of amides is 1. The Bertz CT molecular complexity index is 929. The molecule has 1 aromatic heterocycles. The lowest BCUT2D eigenvalue weighted by atomic mass is 10.0. The van der Waals surface area contributed by atoms with Gasteiger partial charge < -0.3 is 9.47 Å². The first kappa shape index (κ1) is 21.2. The van der Waals surface area contributed by atoms with Gasteiger partial charge in [0.1, 0.15) is 5.56 Å². The van der Waals surface area contributed by atoms with Gasteiger partial charge in [0.15, 0.2) is 0 Å². The molecule has 3 heterocycles. The summed E-state index contributed by atoms with van der Waals surface area (Å²) in [6, 6.07) is 12.3. The number of carbonyl (C=O) groups is 1. The van der Waals surface area contributed by atoms with Crippen molar-refractivity contribution < 1.29 is 4.79 Å². The van der Waals surface area contributed by atoms with Crippen LogP contribution in [0, 0.1) is 6.92 Å². The molecule has 0 aliphatic carbocycles. The molecule has 0 bridgehead atoms. The second-order valence-electron chi connectivity index (χ2n) is 8.34. The van der Waals surface area contributed by atoms with E-state index < -0.39 is 0 Å². The van der Waals surface area contributed by atoms with Crippen LogP contribution in [0.4, 0.5) is 0 Å². The summed E-state index contributed by atoms with van der Waals surface area (Å²) in [6.07, 6.45) is 3.81. The molecule has 1 amide bonds. The molecule has 6 heteroatoms. The molecule has 0 radical (unpaired) electrons. The first-order valence-corrected chi connectivity index (χ1v) is 12.1. The van der Waals surface area contributed by atoms with Crippen molar-refractivity contribution in [2.45, 2.75) is 38.8 Å². The van der Waals surface area contributed by atoms with Gasteiger partial charge in [0, 0.05) is 49.9 Å². The number of nitrogens with zero attached hydrogens (tertiary/aromatic N) is 3. The van der Waals surface area contributed by atoms with Gasteiger partial charge >= 0.3 is 0 Å². The zero-order chi connectivity index (χ0) is 21.1. The molecule has 1 atom stereocenters. The normalized spacial score (nSPS) is 19.6. The van der Waals surface area contributed by atoms with Gasteiger partial charge in [0.2, 0.25) is 0 Å². The van der Waals surface area contributed by atoms with E-state index in [1.54, 1.807) is 4.57 Å². The van der Waals surface area contributed by atoms with Crippen LogP contribution in [0.3, 0.4) is 0 Å². The van der Waals surface area contributed by atoms with Crippen molar-refractivity contribution in [2.75, 3.05) is 37.7 Å². The molecule has 5 nitrogen and oxygen atoms in total. The number of thioether (sulfide) groups is 1. The van der Waals surface area contributed by atoms with E-state index in [-0.39, 0.29) is 17.5 Å². The molecule has 0 saturated carbocycles. The van der Waals surface area contributed by atoms with Crippen molar-refractivity contribution >= 4 is 17.7 Å². The van der Waals surface area contributed by atoms with Crippen molar-refractivity contribution in [3.63, 3.8) is 0 Å². The number of benzene rings is 1. The van der Waals surface area contributed by atoms with Crippen LogP contribution < -0.4 is 5.56 Å². The van der Waals surface area contributed by atoms with Gasteiger partial charge in [0.05, 0.1) is 6.04 Å². The van der Waals surface area contributed by atoms with Gasteiger partial charge in [-0.1, -0.05) is 30.3 Å². The Kier molecular flexibility index (Phi) is 6.64. The van der Waals surface area contributed by atoms with Crippen LogP contribution in [-0.4, -0.2) is 64.0 Å². The Hall–Kier alpha value is -2.05. The average molecular weight is 426 g/mol. The Balaban J connectivity index is 1.51. The molecule has 4 rings (SSSR count). The van der Waals surface area contributed by atoms with E-state index in [9.17, 15) is 9.59 Å². The Morgan fingerprint density at radius 3 is 2.37 bits per heavy atom. The fourth-order valence-corrected chi connectivity index (χ4v) is 5.56. The second kappa shape index (κ2) is 9.40. The fourth-order valence-electron chi connectivity index (χ4n) is 4.63. The minimum Gasteiger partial charge on any atom is -0.338 e. The summed E-state index contributed by atoms with van der Waals surface area (Å²) in [6.45, 7) is 7.64.